The second-order valence-electron chi connectivity index (χ2n) is 3.98. The van der Waals surface area contributed by atoms with Crippen LogP contribution in [0, 0.1) is 18.8 Å². The van der Waals surface area contributed by atoms with Crippen LogP contribution in [0.3, 0.4) is 0 Å². The molecule has 1 aromatic rings. The highest BCUT2D eigenvalue weighted by molar-refractivity contribution is 5.37. The summed E-state index contributed by atoms with van der Waals surface area (Å²) < 4.78 is 5.47. The molecule has 0 saturated carbocycles. The summed E-state index contributed by atoms with van der Waals surface area (Å²) in [4.78, 5) is 0. The lowest BCUT2D eigenvalue weighted by molar-refractivity contribution is 0.340. The van der Waals surface area contributed by atoms with Crippen LogP contribution in [0.2, 0.25) is 0 Å². The highest BCUT2D eigenvalue weighted by Gasteiger charge is 2.07. The van der Waals surface area contributed by atoms with Crippen LogP contribution in [-0.2, 0) is 0 Å². The molecule has 1 atom stereocenters. The van der Waals surface area contributed by atoms with E-state index in [1.165, 1.54) is 11.1 Å². The Hall–Kier alpha value is -1.42. The summed E-state index contributed by atoms with van der Waals surface area (Å²) in [7, 11) is 0. The summed E-state index contributed by atoms with van der Waals surface area (Å²) in [6, 6.07) is 6.30. The third-order valence-electron chi connectivity index (χ3n) is 2.67. The third kappa shape index (κ3) is 3.31. The van der Waals surface area contributed by atoms with Crippen molar-refractivity contribution in [3.8, 4) is 17.6 Å². The lowest BCUT2D eigenvalue weighted by Crippen LogP contribution is -1.98. The molecule has 0 aromatic heterocycles. The first-order valence-corrected chi connectivity index (χ1v) is 5.82. The average molecular weight is 216 g/mol. The maximum absolute atomic E-state index is 5.47. The number of aryl methyl sites for hydroxylation is 1. The fourth-order valence-corrected chi connectivity index (χ4v) is 1.82. The molecule has 0 radical (unpaired) electrons. The Bertz CT molecular complexity index is 396. The summed E-state index contributed by atoms with van der Waals surface area (Å²) in [6.45, 7) is 8.96. The maximum atomic E-state index is 5.47. The normalized spacial score (nSPS) is 11.5. The first kappa shape index (κ1) is 12.6. The smallest absolute Gasteiger partial charge is 0.119 e. The molecule has 0 aliphatic rings. The number of ether oxygens (including phenoxy) is 1. The van der Waals surface area contributed by atoms with Crippen molar-refractivity contribution >= 4 is 0 Å². The Balaban J connectivity index is 2.83. The topological polar surface area (TPSA) is 9.23 Å². The molecule has 0 aliphatic heterocycles. The van der Waals surface area contributed by atoms with Gasteiger partial charge in [-0.1, -0.05) is 13.0 Å². The van der Waals surface area contributed by atoms with Crippen LogP contribution in [0.4, 0.5) is 0 Å². The van der Waals surface area contributed by atoms with Crippen molar-refractivity contribution in [2.75, 3.05) is 6.61 Å². The van der Waals surface area contributed by atoms with Crippen molar-refractivity contribution in [1.29, 1.82) is 0 Å². The molecule has 1 heteroatoms. The van der Waals surface area contributed by atoms with Gasteiger partial charge in [0, 0.05) is 6.42 Å². The van der Waals surface area contributed by atoms with Crippen molar-refractivity contribution in [2.24, 2.45) is 0 Å². The molecule has 0 spiro atoms. The largest absolute Gasteiger partial charge is 0.494 e. The van der Waals surface area contributed by atoms with Gasteiger partial charge in [0.1, 0.15) is 5.75 Å². The first-order chi connectivity index (χ1) is 7.69. The van der Waals surface area contributed by atoms with E-state index in [0.29, 0.717) is 5.92 Å². The molecular formula is C15H20O. The molecule has 0 aliphatic carbocycles. The molecule has 0 fully saturated rings. The second kappa shape index (κ2) is 6.23. The van der Waals surface area contributed by atoms with Gasteiger partial charge in [-0.2, -0.15) is 0 Å². The zero-order valence-electron chi connectivity index (χ0n) is 10.6. The lowest BCUT2D eigenvalue weighted by Gasteiger charge is -2.13. The van der Waals surface area contributed by atoms with E-state index >= 15 is 0 Å². The fourth-order valence-electron chi connectivity index (χ4n) is 1.82. The monoisotopic (exact) mass is 216 g/mol. The molecule has 1 rings (SSSR count). The Morgan fingerprint density at radius 1 is 1.38 bits per heavy atom. The third-order valence-corrected chi connectivity index (χ3v) is 2.67. The van der Waals surface area contributed by atoms with E-state index in [1.54, 1.807) is 0 Å². The summed E-state index contributed by atoms with van der Waals surface area (Å²) in [5, 5.41) is 0. The highest BCUT2D eigenvalue weighted by atomic mass is 16.5. The summed E-state index contributed by atoms with van der Waals surface area (Å²) in [5.74, 6) is 7.52. The van der Waals surface area contributed by atoms with Crippen molar-refractivity contribution in [1.82, 2.24) is 0 Å². The van der Waals surface area contributed by atoms with E-state index in [2.05, 4.69) is 37.8 Å². The molecule has 86 valence electrons. The standard InChI is InChI=1S/C15H20O/c1-5-7-8-12(3)15-10-9-14(16-6-2)11-13(15)4/h9-12H,6,8H2,1-4H3. The molecule has 0 bridgehead atoms. The average Bonchev–Trinajstić information content (AvgIpc) is 2.26. The number of rotatable bonds is 4. The molecule has 16 heavy (non-hydrogen) atoms. The molecule has 0 heterocycles. The Morgan fingerprint density at radius 2 is 2.12 bits per heavy atom. The van der Waals surface area contributed by atoms with E-state index in [1.807, 2.05) is 19.9 Å². The fraction of sp³-hybridized carbons (Fsp3) is 0.467. The zero-order chi connectivity index (χ0) is 12.0. The number of hydrogen-bond acceptors (Lipinski definition) is 1. The predicted molar refractivity (Wildman–Crippen MR) is 68.8 cm³/mol. The van der Waals surface area contributed by atoms with Crippen LogP contribution in [0.25, 0.3) is 0 Å². The van der Waals surface area contributed by atoms with Gasteiger partial charge in [-0.3, -0.25) is 0 Å². The van der Waals surface area contributed by atoms with Crippen molar-refractivity contribution in [3.63, 3.8) is 0 Å². The summed E-state index contributed by atoms with van der Waals surface area (Å²) >= 11 is 0. The first-order valence-electron chi connectivity index (χ1n) is 5.82. The Labute approximate surface area is 98.8 Å². The van der Waals surface area contributed by atoms with Crippen LogP contribution in [0.1, 0.15) is 44.2 Å². The Kier molecular flexibility index (Phi) is 4.92. The predicted octanol–water partition coefficient (Wildman–Crippen LogP) is 3.91. The molecule has 1 nitrogen and oxygen atoms in total. The molecular weight excluding hydrogens is 196 g/mol. The van der Waals surface area contributed by atoms with Gasteiger partial charge in [0.05, 0.1) is 6.61 Å². The van der Waals surface area contributed by atoms with Gasteiger partial charge in [-0.15, -0.1) is 11.8 Å². The maximum Gasteiger partial charge on any atom is 0.119 e. The van der Waals surface area contributed by atoms with Crippen LogP contribution in [-0.4, -0.2) is 6.61 Å². The number of hydrogen-bond donors (Lipinski definition) is 0. The van der Waals surface area contributed by atoms with Crippen LogP contribution < -0.4 is 4.74 Å². The second-order valence-corrected chi connectivity index (χ2v) is 3.98. The molecule has 0 amide bonds. The molecule has 1 aromatic carbocycles. The minimum absolute atomic E-state index is 0.489. The van der Waals surface area contributed by atoms with E-state index < -0.39 is 0 Å². The van der Waals surface area contributed by atoms with E-state index in [-0.39, 0.29) is 0 Å². The van der Waals surface area contributed by atoms with Gasteiger partial charge in [-0.25, -0.2) is 0 Å². The molecule has 1 unspecified atom stereocenters. The van der Waals surface area contributed by atoms with Gasteiger partial charge in [0.15, 0.2) is 0 Å². The van der Waals surface area contributed by atoms with Gasteiger partial charge >= 0.3 is 0 Å². The van der Waals surface area contributed by atoms with Gasteiger partial charge < -0.3 is 4.74 Å². The summed E-state index contributed by atoms with van der Waals surface area (Å²) in [5.41, 5.74) is 2.66. The van der Waals surface area contributed by atoms with Crippen molar-refractivity contribution in [3.05, 3.63) is 29.3 Å². The van der Waals surface area contributed by atoms with Crippen LogP contribution >= 0.6 is 0 Å². The SMILES string of the molecule is CC#CCC(C)c1ccc(OCC)cc1C. The van der Waals surface area contributed by atoms with Crippen molar-refractivity contribution < 1.29 is 4.74 Å². The summed E-state index contributed by atoms with van der Waals surface area (Å²) in [6.07, 6.45) is 0.922. The van der Waals surface area contributed by atoms with Gasteiger partial charge in [-0.05, 0) is 49.9 Å². The van der Waals surface area contributed by atoms with Gasteiger partial charge in [0.2, 0.25) is 0 Å². The minimum atomic E-state index is 0.489. The molecule has 0 N–H and O–H groups in total. The quantitative estimate of drug-likeness (QED) is 0.693. The zero-order valence-corrected chi connectivity index (χ0v) is 10.6. The lowest BCUT2D eigenvalue weighted by atomic mass is 9.94. The van der Waals surface area contributed by atoms with Crippen LogP contribution in [0.5, 0.6) is 5.75 Å². The van der Waals surface area contributed by atoms with E-state index in [9.17, 15) is 0 Å². The molecule has 0 saturated heterocycles. The van der Waals surface area contributed by atoms with E-state index in [4.69, 9.17) is 4.74 Å². The van der Waals surface area contributed by atoms with Gasteiger partial charge in [0.25, 0.3) is 0 Å². The van der Waals surface area contributed by atoms with E-state index in [0.717, 1.165) is 18.8 Å². The minimum Gasteiger partial charge on any atom is -0.494 e. The van der Waals surface area contributed by atoms with Crippen molar-refractivity contribution in [2.45, 2.75) is 40.0 Å². The number of benzene rings is 1. The van der Waals surface area contributed by atoms with Crippen LogP contribution in [0.15, 0.2) is 18.2 Å². The Morgan fingerprint density at radius 3 is 2.69 bits per heavy atom. The highest BCUT2D eigenvalue weighted by Crippen LogP contribution is 2.25.